The molecule has 0 fully saturated rings. The molecule has 5 heteroatoms. The van der Waals surface area contributed by atoms with E-state index in [1.165, 1.54) is 10.6 Å². The van der Waals surface area contributed by atoms with Crippen LogP contribution < -0.4 is 5.56 Å². The lowest BCUT2D eigenvalue weighted by Crippen LogP contribution is -2.21. The van der Waals surface area contributed by atoms with Crippen LogP contribution in [0.4, 0.5) is 13.2 Å². The van der Waals surface area contributed by atoms with Gasteiger partial charge in [-0.1, -0.05) is 13.8 Å². The highest BCUT2D eigenvalue weighted by atomic mass is 19.4. The molecule has 0 amide bonds. The smallest absolute Gasteiger partial charge is 0.311 e. The van der Waals surface area contributed by atoms with Gasteiger partial charge < -0.3 is 4.57 Å². The maximum absolute atomic E-state index is 12.7. The lowest BCUT2D eigenvalue weighted by Gasteiger charge is -2.13. The molecule has 1 heterocycles. The maximum Gasteiger partial charge on any atom is 0.416 e. The van der Waals surface area contributed by atoms with E-state index in [9.17, 15) is 18.0 Å². The van der Waals surface area contributed by atoms with Crippen LogP contribution in [0.2, 0.25) is 0 Å². The van der Waals surface area contributed by atoms with Crippen molar-refractivity contribution in [3.8, 4) is 0 Å². The Labute approximate surface area is 115 Å². The van der Waals surface area contributed by atoms with Crippen molar-refractivity contribution < 1.29 is 13.2 Å². The fraction of sp³-hybridized carbons (Fsp3) is 0.400. The van der Waals surface area contributed by atoms with Gasteiger partial charge in [0.1, 0.15) is 0 Å². The summed E-state index contributed by atoms with van der Waals surface area (Å²) in [7, 11) is 1.56. The third-order valence-corrected chi connectivity index (χ3v) is 3.28. The zero-order chi connectivity index (χ0) is 15.7. The fourth-order valence-corrected chi connectivity index (χ4v) is 2.03. The number of pyridine rings is 1. The van der Waals surface area contributed by atoms with Gasteiger partial charge in [0, 0.05) is 18.0 Å². The minimum atomic E-state index is -4.37. The van der Waals surface area contributed by atoms with E-state index in [1.807, 2.05) is 13.8 Å². The Hall–Kier alpha value is -1.78. The van der Waals surface area contributed by atoms with E-state index in [-0.39, 0.29) is 5.56 Å². The number of nitrogens with zero attached hydrogens (tertiary/aromatic N) is 1. The second-order valence-corrected chi connectivity index (χ2v) is 4.34. The summed E-state index contributed by atoms with van der Waals surface area (Å²) in [5.41, 5.74) is 0.704. The molecule has 0 spiro atoms. The minimum Gasteiger partial charge on any atom is -0.311 e. The van der Waals surface area contributed by atoms with Gasteiger partial charge in [-0.25, -0.2) is 0 Å². The maximum atomic E-state index is 12.7. The Morgan fingerprint density at radius 2 is 1.60 bits per heavy atom. The van der Waals surface area contributed by atoms with Crippen LogP contribution in [-0.2, 0) is 13.2 Å². The van der Waals surface area contributed by atoms with Crippen LogP contribution in [0.25, 0.3) is 10.9 Å². The molecule has 1 aromatic carbocycles. The van der Waals surface area contributed by atoms with Gasteiger partial charge in [0.15, 0.2) is 0 Å². The number of aryl methyl sites for hydroxylation is 2. The predicted octanol–water partition coefficient (Wildman–Crippen LogP) is 4.20. The average Bonchev–Trinajstić information content (AvgIpc) is 2.43. The molecule has 0 atom stereocenters. The summed E-state index contributed by atoms with van der Waals surface area (Å²) in [6.45, 7) is 7.29. The molecule has 0 bridgehead atoms. The average molecular weight is 285 g/mol. The molecule has 20 heavy (non-hydrogen) atoms. The molecule has 0 saturated heterocycles. The van der Waals surface area contributed by atoms with E-state index in [0.29, 0.717) is 22.0 Å². The van der Waals surface area contributed by atoms with Crippen LogP contribution >= 0.6 is 0 Å². The van der Waals surface area contributed by atoms with Gasteiger partial charge >= 0.3 is 6.18 Å². The monoisotopic (exact) mass is 285 g/mol. The number of halogens is 3. The summed E-state index contributed by atoms with van der Waals surface area (Å²) < 4.78 is 39.4. The number of fused-ring (bicyclic) bond motifs is 1. The molecule has 0 aliphatic heterocycles. The molecular formula is C15H18F3NO. The summed E-state index contributed by atoms with van der Waals surface area (Å²) in [5.74, 6) is 0. The first kappa shape index (κ1) is 16.3. The third kappa shape index (κ3) is 2.71. The lowest BCUT2D eigenvalue weighted by molar-refractivity contribution is -0.137. The Kier molecular flexibility index (Phi) is 4.63. The normalized spacial score (nSPS) is 11.2. The molecule has 0 aliphatic rings. The first-order valence-electron chi connectivity index (χ1n) is 6.40. The fourth-order valence-electron chi connectivity index (χ4n) is 2.03. The van der Waals surface area contributed by atoms with Crippen LogP contribution in [0.5, 0.6) is 0 Å². The quantitative estimate of drug-likeness (QED) is 0.711. The zero-order valence-corrected chi connectivity index (χ0v) is 12.2. The summed E-state index contributed by atoms with van der Waals surface area (Å²) in [5, 5.41) is 0.462. The van der Waals surface area contributed by atoms with Crippen molar-refractivity contribution in [3.63, 3.8) is 0 Å². The molecule has 2 rings (SSSR count). The van der Waals surface area contributed by atoms with Gasteiger partial charge in [0.2, 0.25) is 0 Å². The van der Waals surface area contributed by atoms with E-state index < -0.39 is 11.7 Å². The molecule has 2 nitrogen and oxygen atoms in total. The minimum absolute atomic E-state index is 0.181. The van der Waals surface area contributed by atoms with Crippen molar-refractivity contribution in [1.82, 2.24) is 4.57 Å². The van der Waals surface area contributed by atoms with Crippen LogP contribution in [-0.4, -0.2) is 4.57 Å². The predicted molar refractivity (Wildman–Crippen MR) is 75.0 cm³/mol. The van der Waals surface area contributed by atoms with Crippen LogP contribution in [0.1, 0.15) is 30.5 Å². The van der Waals surface area contributed by atoms with E-state index >= 15 is 0 Å². The Morgan fingerprint density at radius 1 is 1.05 bits per heavy atom. The number of benzene rings is 1. The summed E-state index contributed by atoms with van der Waals surface area (Å²) in [6.07, 6.45) is -4.37. The molecule has 2 aromatic rings. The molecular weight excluding hydrogens is 267 g/mol. The van der Waals surface area contributed by atoms with Gasteiger partial charge in [0.25, 0.3) is 5.56 Å². The van der Waals surface area contributed by atoms with Crippen LogP contribution in [0, 0.1) is 13.8 Å². The molecule has 110 valence electrons. The van der Waals surface area contributed by atoms with Gasteiger partial charge in [0.05, 0.1) is 11.1 Å². The Morgan fingerprint density at radius 3 is 2.10 bits per heavy atom. The number of alkyl halides is 3. The highest BCUT2D eigenvalue weighted by Crippen LogP contribution is 2.32. The van der Waals surface area contributed by atoms with Gasteiger partial charge in [-0.05, 0) is 37.6 Å². The second kappa shape index (κ2) is 5.69. The number of rotatable bonds is 0. The van der Waals surface area contributed by atoms with E-state index in [1.54, 1.807) is 20.9 Å². The Bertz CT molecular complexity index is 684. The second-order valence-electron chi connectivity index (χ2n) is 4.34. The lowest BCUT2D eigenvalue weighted by atomic mass is 10.0. The molecule has 1 aromatic heterocycles. The topological polar surface area (TPSA) is 22.0 Å². The zero-order valence-electron chi connectivity index (χ0n) is 12.2. The summed E-state index contributed by atoms with van der Waals surface area (Å²) in [6, 6.07) is 3.43. The van der Waals surface area contributed by atoms with Crippen molar-refractivity contribution >= 4 is 10.9 Å². The molecule has 0 unspecified atom stereocenters. The summed E-state index contributed by atoms with van der Waals surface area (Å²) >= 11 is 0. The molecule has 0 saturated carbocycles. The highest BCUT2D eigenvalue weighted by molar-refractivity contribution is 5.84. The van der Waals surface area contributed by atoms with Gasteiger partial charge in [-0.2, -0.15) is 13.2 Å². The van der Waals surface area contributed by atoms with E-state index in [0.717, 1.165) is 12.1 Å². The summed E-state index contributed by atoms with van der Waals surface area (Å²) in [4.78, 5) is 11.8. The Balaban J connectivity index is 0.000000956. The number of hydrogen-bond acceptors (Lipinski definition) is 1. The number of hydrogen-bond donors (Lipinski definition) is 0. The van der Waals surface area contributed by atoms with Gasteiger partial charge in [-0.15, -0.1) is 0 Å². The number of aromatic nitrogens is 1. The molecule has 0 aliphatic carbocycles. The van der Waals surface area contributed by atoms with E-state index in [2.05, 4.69) is 0 Å². The van der Waals surface area contributed by atoms with Crippen molar-refractivity contribution in [2.75, 3.05) is 0 Å². The standard InChI is InChI=1S/C13H12F3NO.C2H6/c1-7-8(2)12(18)17(3)11-5-4-9(6-10(7)11)13(14,15)16;1-2/h4-6H,1-3H3;1-2H3. The van der Waals surface area contributed by atoms with Crippen LogP contribution in [0.3, 0.4) is 0 Å². The molecule has 0 N–H and O–H groups in total. The van der Waals surface area contributed by atoms with Crippen molar-refractivity contribution in [1.29, 1.82) is 0 Å². The third-order valence-electron chi connectivity index (χ3n) is 3.28. The van der Waals surface area contributed by atoms with Crippen molar-refractivity contribution in [2.45, 2.75) is 33.9 Å². The van der Waals surface area contributed by atoms with E-state index in [4.69, 9.17) is 0 Å². The van der Waals surface area contributed by atoms with Crippen LogP contribution in [0.15, 0.2) is 23.0 Å². The largest absolute Gasteiger partial charge is 0.416 e. The first-order valence-corrected chi connectivity index (χ1v) is 6.40. The van der Waals surface area contributed by atoms with Crippen molar-refractivity contribution in [3.05, 3.63) is 45.2 Å². The van der Waals surface area contributed by atoms with Crippen molar-refractivity contribution in [2.24, 2.45) is 7.05 Å². The SMILES string of the molecule is CC.Cc1c(C)c2cc(C(F)(F)F)ccc2n(C)c1=O. The van der Waals surface area contributed by atoms with Gasteiger partial charge in [-0.3, -0.25) is 4.79 Å². The highest BCUT2D eigenvalue weighted by Gasteiger charge is 2.30. The molecule has 0 radical (unpaired) electrons. The first-order chi connectivity index (χ1) is 9.23.